The number of epoxide rings is 1. The molecule has 8 nitrogen and oxygen atoms in total. The molecular weight excluding hydrogens is 442 g/mol. The van der Waals surface area contributed by atoms with Gasteiger partial charge >= 0.3 is 0 Å². The molecule has 10 heteroatoms. The number of methoxy groups -OCH3 is 1. The van der Waals surface area contributed by atoms with E-state index in [0.717, 1.165) is 44.5 Å². The fraction of sp³-hybridized carbons (Fsp3) is 0.458. The Balaban J connectivity index is 1.15. The number of aromatic nitrogens is 4. The lowest BCUT2D eigenvalue weighted by Crippen LogP contribution is -2.47. The minimum atomic E-state index is -0.895. The van der Waals surface area contributed by atoms with Gasteiger partial charge in [0.05, 0.1) is 13.7 Å². The second-order valence-corrected chi connectivity index (χ2v) is 8.78. The van der Waals surface area contributed by atoms with Gasteiger partial charge in [0.15, 0.2) is 5.82 Å². The predicted octanol–water partition coefficient (Wildman–Crippen LogP) is 2.81. The lowest BCUT2D eigenvalue weighted by atomic mass is 9.93. The molecule has 2 fully saturated rings. The van der Waals surface area contributed by atoms with Gasteiger partial charge in [0.25, 0.3) is 0 Å². The molecule has 34 heavy (non-hydrogen) atoms. The van der Waals surface area contributed by atoms with Crippen molar-refractivity contribution in [2.75, 3.05) is 51.3 Å². The van der Waals surface area contributed by atoms with Crippen molar-refractivity contribution >= 4 is 5.69 Å². The van der Waals surface area contributed by atoms with Crippen molar-refractivity contribution in [2.24, 2.45) is 0 Å². The molecule has 1 aromatic heterocycles. The van der Waals surface area contributed by atoms with E-state index in [1.807, 2.05) is 19.1 Å². The average Bonchev–Trinajstić information content (AvgIpc) is 3.52. The number of ether oxygens (including phenoxy) is 2. The van der Waals surface area contributed by atoms with Gasteiger partial charge in [-0.15, -0.1) is 10.2 Å². The molecule has 2 unspecified atom stereocenters. The summed E-state index contributed by atoms with van der Waals surface area (Å²) in [7, 11) is 1.67. The molecule has 0 saturated carbocycles. The van der Waals surface area contributed by atoms with Crippen LogP contribution in [0.2, 0.25) is 0 Å². The second kappa shape index (κ2) is 9.27. The van der Waals surface area contributed by atoms with E-state index in [1.54, 1.807) is 7.11 Å². The number of piperazine rings is 1. The highest BCUT2D eigenvalue weighted by Gasteiger charge is 2.54. The fourth-order valence-corrected chi connectivity index (χ4v) is 4.52. The number of rotatable bonds is 8. The number of nitrogens with zero attached hydrogens (tertiary/aromatic N) is 6. The highest BCUT2D eigenvalue weighted by molar-refractivity contribution is 5.49. The molecule has 0 N–H and O–H groups in total. The quantitative estimate of drug-likeness (QED) is 0.469. The summed E-state index contributed by atoms with van der Waals surface area (Å²) in [5, 5.41) is 12.9. The van der Waals surface area contributed by atoms with Crippen LogP contribution in [0.5, 0.6) is 5.75 Å². The van der Waals surface area contributed by atoms with Crippen LogP contribution in [0.15, 0.2) is 42.5 Å². The zero-order valence-electron chi connectivity index (χ0n) is 19.3. The third-order valence-corrected chi connectivity index (χ3v) is 6.79. The van der Waals surface area contributed by atoms with E-state index >= 15 is 0 Å². The van der Waals surface area contributed by atoms with Gasteiger partial charge in [-0.2, -0.15) is 4.80 Å². The Morgan fingerprint density at radius 2 is 1.82 bits per heavy atom. The second-order valence-electron chi connectivity index (χ2n) is 8.78. The highest BCUT2D eigenvalue weighted by atomic mass is 19.1. The predicted molar refractivity (Wildman–Crippen MR) is 122 cm³/mol. The van der Waals surface area contributed by atoms with Crippen LogP contribution in [0.25, 0.3) is 0 Å². The minimum absolute atomic E-state index is 0.315. The number of anilines is 1. The molecule has 0 amide bonds. The van der Waals surface area contributed by atoms with Crippen LogP contribution >= 0.6 is 0 Å². The SMILES string of the molecule is COc1ccc(N2CCN(CCc3nnn(C(C)C4(c5ccc(F)cc5F)CO4)n3)CC2)cc1. The molecule has 5 rings (SSSR count). The summed E-state index contributed by atoms with van der Waals surface area (Å²) in [5.41, 5.74) is 0.621. The molecule has 2 saturated heterocycles. The van der Waals surface area contributed by atoms with Crippen LogP contribution in [0.4, 0.5) is 14.5 Å². The maximum atomic E-state index is 14.4. The van der Waals surface area contributed by atoms with Crippen LogP contribution in [-0.2, 0) is 16.8 Å². The van der Waals surface area contributed by atoms with Crippen LogP contribution < -0.4 is 9.64 Å². The largest absolute Gasteiger partial charge is 0.497 e. The van der Waals surface area contributed by atoms with Gasteiger partial charge in [0.2, 0.25) is 0 Å². The zero-order valence-corrected chi connectivity index (χ0v) is 19.3. The molecule has 2 aromatic carbocycles. The molecule has 0 radical (unpaired) electrons. The highest BCUT2D eigenvalue weighted by Crippen LogP contribution is 2.48. The number of tetrazole rings is 1. The van der Waals surface area contributed by atoms with E-state index in [-0.39, 0.29) is 6.04 Å². The Kier molecular flexibility index (Phi) is 6.18. The smallest absolute Gasteiger partial charge is 0.176 e. The van der Waals surface area contributed by atoms with Crippen LogP contribution in [0.1, 0.15) is 24.4 Å². The zero-order chi connectivity index (χ0) is 23.7. The van der Waals surface area contributed by atoms with Crippen molar-refractivity contribution in [3.8, 4) is 5.75 Å². The van der Waals surface area contributed by atoms with Crippen molar-refractivity contribution in [1.82, 2.24) is 25.1 Å². The summed E-state index contributed by atoms with van der Waals surface area (Å²) >= 11 is 0. The first-order valence-electron chi connectivity index (χ1n) is 11.5. The number of halogens is 2. The molecule has 2 atom stereocenters. The van der Waals surface area contributed by atoms with Crippen molar-refractivity contribution in [2.45, 2.75) is 25.0 Å². The first-order chi connectivity index (χ1) is 16.5. The van der Waals surface area contributed by atoms with E-state index in [9.17, 15) is 8.78 Å². The van der Waals surface area contributed by atoms with E-state index in [1.165, 1.54) is 22.6 Å². The molecule has 180 valence electrons. The van der Waals surface area contributed by atoms with Gasteiger partial charge in [-0.1, -0.05) is 6.07 Å². The number of benzene rings is 2. The summed E-state index contributed by atoms with van der Waals surface area (Å²) in [6.45, 7) is 6.84. The minimum Gasteiger partial charge on any atom is -0.497 e. The Morgan fingerprint density at radius 3 is 2.47 bits per heavy atom. The Labute approximate surface area is 197 Å². The van der Waals surface area contributed by atoms with Gasteiger partial charge in [-0.05, 0) is 42.5 Å². The van der Waals surface area contributed by atoms with Gasteiger partial charge < -0.3 is 14.4 Å². The standard InChI is InChI=1S/C24H28F2N6O2/c1-17(24(16-34-24)21-8-3-18(25)15-22(21)26)32-28-23(27-29-32)9-10-30-11-13-31(14-12-30)19-4-6-20(33-2)7-5-19/h3-8,15,17H,9-14,16H2,1-2H3. The van der Waals surface area contributed by atoms with Crippen LogP contribution in [0, 0.1) is 11.6 Å². The first-order valence-corrected chi connectivity index (χ1v) is 11.5. The Bertz CT molecular complexity index is 1130. The van der Waals surface area contributed by atoms with Gasteiger partial charge in [0, 0.05) is 56.5 Å². The normalized spacial score (nSPS) is 21.5. The average molecular weight is 471 g/mol. The summed E-state index contributed by atoms with van der Waals surface area (Å²) in [6, 6.07) is 11.3. The third kappa shape index (κ3) is 4.47. The molecule has 2 aliphatic rings. The maximum absolute atomic E-state index is 14.4. The molecule has 0 aliphatic carbocycles. The Morgan fingerprint density at radius 1 is 1.09 bits per heavy atom. The van der Waals surface area contributed by atoms with E-state index in [4.69, 9.17) is 9.47 Å². The van der Waals surface area contributed by atoms with Gasteiger partial charge in [0.1, 0.15) is 29.0 Å². The lowest BCUT2D eigenvalue weighted by Gasteiger charge is -2.36. The summed E-state index contributed by atoms with van der Waals surface area (Å²) < 4.78 is 38.6. The molecular formula is C24H28F2N6O2. The van der Waals surface area contributed by atoms with Crippen LogP contribution in [0.3, 0.4) is 0 Å². The van der Waals surface area contributed by atoms with E-state index in [0.29, 0.717) is 24.4 Å². The molecule has 0 spiro atoms. The number of hydrogen-bond acceptors (Lipinski definition) is 7. The summed E-state index contributed by atoms with van der Waals surface area (Å²) in [6.07, 6.45) is 0.675. The molecule has 3 aromatic rings. The monoisotopic (exact) mass is 470 g/mol. The van der Waals surface area contributed by atoms with Gasteiger partial charge in [-0.25, -0.2) is 8.78 Å². The third-order valence-electron chi connectivity index (χ3n) is 6.79. The van der Waals surface area contributed by atoms with Crippen molar-refractivity contribution in [3.63, 3.8) is 0 Å². The van der Waals surface area contributed by atoms with Crippen LogP contribution in [-0.4, -0.2) is 71.5 Å². The molecule has 0 bridgehead atoms. The van der Waals surface area contributed by atoms with Gasteiger partial charge in [-0.3, -0.25) is 4.90 Å². The summed E-state index contributed by atoms with van der Waals surface area (Å²) in [5.74, 6) is 0.258. The molecule has 2 aliphatic heterocycles. The van der Waals surface area contributed by atoms with Crippen molar-refractivity contribution < 1.29 is 18.3 Å². The number of hydrogen-bond donors (Lipinski definition) is 0. The summed E-state index contributed by atoms with van der Waals surface area (Å²) in [4.78, 5) is 6.24. The first kappa shape index (κ1) is 22.7. The topological polar surface area (TPSA) is 71.8 Å². The lowest BCUT2D eigenvalue weighted by molar-refractivity contribution is 0.199. The maximum Gasteiger partial charge on any atom is 0.176 e. The van der Waals surface area contributed by atoms with Crippen molar-refractivity contribution in [3.05, 3.63) is 65.5 Å². The Hall–Kier alpha value is -3.11. The molecule has 3 heterocycles. The fourth-order valence-electron chi connectivity index (χ4n) is 4.52. The van der Waals surface area contributed by atoms with E-state index < -0.39 is 17.2 Å². The van der Waals surface area contributed by atoms with Crippen molar-refractivity contribution in [1.29, 1.82) is 0 Å². The van der Waals surface area contributed by atoms with E-state index in [2.05, 4.69) is 37.3 Å².